The van der Waals surface area contributed by atoms with E-state index in [9.17, 15) is 9.59 Å². The fourth-order valence-electron chi connectivity index (χ4n) is 2.82. The highest BCUT2D eigenvalue weighted by atomic mass is 32.2. The van der Waals surface area contributed by atoms with E-state index in [1.165, 1.54) is 23.1 Å². The summed E-state index contributed by atoms with van der Waals surface area (Å²) in [5, 5.41) is 0.935. The standard InChI is InChI=1S/C18H16N2O3S2/c1-2-20-16(21)12-10-14(11-6-4-3-5-7-11)24-15(12)19-18(20)25-13-8-9-23-17(13)22/h3-7,10,13H,2,8-9H2,1H3/t13-/m1/s1. The Morgan fingerprint density at radius 1 is 1.32 bits per heavy atom. The molecule has 2 aromatic heterocycles. The summed E-state index contributed by atoms with van der Waals surface area (Å²) in [7, 11) is 0. The van der Waals surface area contributed by atoms with Crippen LogP contribution in [-0.4, -0.2) is 27.4 Å². The van der Waals surface area contributed by atoms with Crippen molar-refractivity contribution in [3.05, 3.63) is 46.8 Å². The molecule has 0 radical (unpaired) electrons. The zero-order valence-electron chi connectivity index (χ0n) is 13.6. The van der Waals surface area contributed by atoms with Crippen molar-refractivity contribution in [2.45, 2.75) is 30.3 Å². The molecule has 0 spiro atoms. The molecular weight excluding hydrogens is 356 g/mol. The number of hydrogen-bond acceptors (Lipinski definition) is 6. The summed E-state index contributed by atoms with van der Waals surface area (Å²) < 4.78 is 6.66. The number of carbonyl (C=O) groups is 1. The second-order valence-electron chi connectivity index (χ2n) is 5.70. The molecule has 1 aliphatic rings. The molecular formula is C18H16N2O3S2. The molecule has 1 atom stereocenters. The molecule has 0 aliphatic carbocycles. The Bertz CT molecular complexity index is 995. The number of benzene rings is 1. The fraction of sp³-hybridized carbons (Fsp3) is 0.278. The van der Waals surface area contributed by atoms with Crippen LogP contribution in [0, 0.1) is 0 Å². The largest absolute Gasteiger partial charge is 0.465 e. The van der Waals surface area contributed by atoms with Crippen molar-refractivity contribution < 1.29 is 9.53 Å². The second-order valence-corrected chi connectivity index (χ2v) is 7.90. The minimum Gasteiger partial charge on any atom is -0.465 e. The lowest BCUT2D eigenvalue weighted by Gasteiger charge is -2.11. The number of thiophene rings is 1. The van der Waals surface area contributed by atoms with Crippen LogP contribution in [0.3, 0.4) is 0 Å². The van der Waals surface area contributed by atoms with Gasteiger partial charge < -0.3 is 4.74 Å². The molecule has 1 aliphatic heterocycles. The molecule has 128 valence electrons. The van der Waals surface area contributed by atoms with Gasteiger partial charge in [-0.1, -0.05) is 42.1 Å². The predicted octanol–water partition coefficient (Wildman–Crippen LogP) is 3.55. The highest BCUT2D eigenvalue weighted by Crippen LogP contribution is 2.34. The summed E-state index contributed by atoms with van der Waals surface area (Å²) in [5.74, 6) is -0.224. The van der Waals surface area contributed by atoms with E-state index >= 15 is 0 Å². The first-order valence-corrected chi connectivity index (χ1v) is 9.80. The summed E-state index contributed by atoms with van der Waals surface area (Å²) in [5.41, 5.74) is 1.02. The number of rotatable bonds is 4. The summed E-state index contributed by atoms with van der Waals surface area (Å²) >= 11 is 2.83. The molecule has 1 fully saturated rings. The van der Waals surface area contributed by atoms with Crippen molar-refractivity contribution in [2.75, 3.05) is 6.61 Å². The molecule has 3 aromatic rings. The number of fused-ring (bicyclic) bond motifs is 1. The van der Waals surface area contributed by atoms with Gasteiger partial charge in [-0.05, 0) is 18.6 Å². The van der Waals surface area contributed by atoms with Crippen LogP contribution < -0.4 is 5.56 Å². The molecule has 0 unspecified atom stereocenters. The number of nitrogens with zero attached hydrogens (tertiary/aromatic N) is 2. The lowest BCUT2D eigenvalue weighted by Crippen LogP contribution is -2.23. The summed E-state index contributed by atoms with van der Waals surface area (Å²) in [4.78, 5) is 31.1. The van der Waals surface area contributed by atoms with E-state index in [-0.39, 0.29) is 16.8 Å². The number of hydrogen-bond donors (Lipinski definition) is 0. The Kier molecular flexibility index (Phi) is 4.35. The maximum absolute atomic E-state index is 12.9. The van der Waals surface area contributed by atoms with Crippen molar-refractivity contribution >= 4 is 39.3 Å². The third-order valence-corrected chi connectivity index (χ3v) is 6.44. The lowest BCUT2D eigenvalue weighted by atomic mass is 10.2. The van der Waals surface area contributed by atoms with Crippen LogP contribution in [0.2, 0.25) is 0 Å². The molecule has 0 bridgehead atoms. The van der Waals surface area contributed by atoms with Crippen LogP contribution in [0.15, 0.2) is 46.3 Å². The summed E-state index contributed by atoms with van der Waals surface area (Å²) in [6.07, 6.45) is 0.654. The summed E-state index contributed by atoms with van der Waals surface area (Å²) in [6, 6.07) is 11.9. The topological polar surface area (TPSA) is 61.2 Å². The van der Waals surface area contributed by atoms with Gasteiger partial charge in [-0.15, -0.1) is 11.3 Å². The van der Waals surface area contributed by atoms with Crippen molar-refractivity contribution in [3.63, 3.8) is 0 Å². The smallest absolute Gasteiger partial charge is 0.319 e. The molecule has 0 N–H and O–H groups in total. The van der Waals surface area contributed by atoms with Crippen LogP contribution in [0.25, 0.3) is 20.7 Å². The van der Waals surface area contributed by atoms with Crippen molar-refractivity contribution in [2.24, 2.45) is 0 Å². The van der Waals surface area contributed by atoms with Crippen molar-refractivity contribution in [1.82, 2.24) is 9.55 Å². The number of aromatic nitrogens is 2. The van der Waals surface area contributed by atoms with Crippen LogP contribution in [-0.2, 0) is 16.1 Å². The Hall–Kier alpha value is -2.12. The normalized spacial score (nSPS) is 17.2. The van der Waals surface area contributed by atoms with Gasteiger partial charge in [-0.3, -0.25) is 14.2 Å². The van der Waals surface area contributed by atoms with E-state index in [2.05, 4.69) is 4.98 Å². The highest BCUT2D eigenvalue weighted by Gasteiger charge is 2.29. The highest BCUT2D eigenvalue weighted by molar-refractivity contribution is 8.00. The van der Waals surface area contributed by atoms with Crippen molar-refractivity contribution in [1.29, 1.82) is 0 Å². The van der Waals surface area contributed by atoms with Gasteiger partial charge in [0.05, 0.1) is 12.0 Å². The number of thioether (sulfide) groups is 1. The maximum Gasteiger partial charge on any atom is 0.319 e. The Balaban J connectivity index is 1.81. The van der Waals surface area contributed by atoms with Crippen LogP contribution in [0.5, 0.6) is 0 Å². The molecule has 25 heavy (non-hydrogen) atoms. The minimum absolute atomic E-state index is 0.0557. The molecule has 1 aromatic carbocycles. The Labute approximate surface area is 152 Å². The average Bonchev–Trinajstić information content (AvgIpc) is 3.23. The van der Waals surface area contributed by atoms with E-state index in [1.807, 2.05) is 43.3 Å². The first-order chi connectivity index (χ1) is 12.2. The molecule has 7 heteroatoms. The summed E-state index contributed by atoms with van der Waals surface area (Å²) in [6.45, 7) is 2.87. The van der Waals surface area contributed by atoms with Gasteiger partial charge >= 0.3 is 5.97 Å². The molecule has 0 saturated carbocycles. The average molecular weight is 372 g/mol. The Morgan fingerprint density at radius 3 is 2.80 bits per heavy atom. The number of cyclic esters (lactones) is 1. The van der Waals surface area contributed by atoms with E-state index in [0.29, 0.717) is 34.9 Å². The molecule has 1 saturated heterocycles. The lowest BCUT2D eigenvalue weighted by molar-refractivity contribution is -0.137. The van der Waals surface area contributed by atoms with Gasteiger partial charge in [0.15, 0.2) is 5.16 Å². The molecule has 0 amide bonds. The van der Waals surface area contributed by atoms with Crippen LogP contribution in [0.1, 0.15) is 13.3 Å². The van der Waals surface area contributed by atoms with Crippen LogP contribution >= 0.6 is 23.1 Å². The van der Waals surface area contributed by atoms with Gasteiger partial charge in [0.2, 0.25) is 0 Å². The zero-order chi connectivity index (χ0) is 17.4. The van der Waals surface area contributed by atoms with E-state index in [1.54, 1.807) is 4.57 Å². The minimum atomic E-state index is -0.282. The third kappa shape index (κ3) is 2.98. The van der Waals surface area contributed by atoms with Crippen LogP contribution in [0.4, 0.5) is 0 Å². The zero-order valence-corrected chi connectivity index (χ0v) is 15.2. The monoisotopic (exact) mass is 372 g/mol. The first kappa shape index (κ1) is 16.4. The van der Waals surface area contributed by atoms with Gasteiger partial charge in [-0.2, -0.15) is 0 Å². The molecule has 4 rings (SSSR count). The van der Waals surface area contributed by atoms with Gasteiger partial charge in [0, 0.05) is 17.8 Å². The van der Waals surface area contributed by atoms with E-state index in [0.717, 1.165) is 10.4 Å². The van der Waals surface area contributed by atoms with Gasteiger partial charge in [-0.25, -0.2) is 4.98 Å². The van der Waals surface area contributed by atoms with Gasteiger partial charge in [0.1, 0.15) is 10.1 Å². The fourth-order valence-corrected chi connectivity index (χ4v) is 5.02. The van der Waals surface area contributed by atoms with E-state index < -0.39 is 0 Å². The SMILES string of the molecule is CCn1c(S[C@@H]2CCOC2=O)nc2sc(-c3ccccc3)cc2c1=O. The molecule has 3 heterocycles. The van der Waals surface area contributed by atoms with Crippen molar-refractivity contribution in [3.8, 4) is 10.4 Å². The third-order valence-electron chi connectivity index (χ3n) is 4.13. The second kappa shape index (κ2) is 6.65. The van der Waals surface area contributed by atoms with E-state index in [4.69, 9.17) is 4.74 Å². The quantitative estimate of drug-likeness (QED) is 0.518. The molecule has 5 nitrogen and oxygen atoms in total. The predicted molar refractivity (Wildman–Crippen MR) is 100 cm³/mol. The van der Waals surface area contributed by atoms with Gasteiger partial charge in [0.25, 0.3) is 5.56 Å². The Morgan fingerprint density at radius 2 is 2.12 bits per heavy atom. The first-order valence-electron chi connectivity index (χ1n) is 8.10. The number of carbonyl (C=O) groups excluding carboxylic acids is 1. The number of ether oxygens (including phenoxy) is 1. The maximum atomic E-state index is 12.9. The number of esters is 1.